The van der Waals surface area contributed by atoms with E-state index in [0.29, 0.717) is 11.5 Å². The van der Waals surface area contributed by atoms with Gasteiger partial charge in [0.25, 0.3) is 0 Å². The summed E-state index contributed by atoms with van der Waals surface area (Å²) in [5.41, 5.74) is 0.644. The van der Waals surface area contributed by atoms with Gasteiger partial charge in [-0.2, -0.15) is 0 Å². The van der Waals surface area contributed by atoms with Gasteiger partial charge in [-0.25, -0.2) is 0 Å². The highest BCUT2D eigenvalue weighted by Crippen LogP contribution is 2.53. The molecule has 3 saturated carbocycles. The third-order valence-corrected chi connectivity index (χ3v) is 6.93. The Morgan fingerprint density at radius 3 is 2.68 bits per heavy atom. The second kappa shape index (κ2) is 7.69. The molecule has 0 N–H and O–H groups in total. The van der Waals surface area contributed by atoms with Gasteiger partial charge >= 0.3 is 0 Å². The molecule has 3 aliphatic rings. The van der Waals surface area contributed by atoms with Crippen LogP contribution in [0.4, 0.5) is 0 Å². The van der Waals surface area contributed by atoms with Crippen LogP contribution in [0.25, 0.3) is 0 Å². The van der Waals surface area contributed by atoms with E-state index >= 15 is 0 Å². The molecule has 2 bridgehead atoms. The molecule has 128 valence electrons. The van der Waals surface area contributed by atoms with Crippen LogP contribution in [-0.2, 0) is 4.74 Å². The molecule has 0 aromatic heterocycles. The predicted octanol–water partition coefficient (Wildman–Crippen LogP) is 6.36. The van der Waals surface area contributed by atoms with Crippen molar-refractivity contribution < 1.29 is 4.74 Å². The number of hydrogen-bond donors (Lipinski definition) is 0. The molecule has 22 heavy (non-hydrogen) atoms. The summed E-state index contributed by atoms with van der Waals surface area (Å²) in [6.07, 6.45) is 19.4. The largest absolute Gasteiger partial charge is 0.378 e. The minimum Gasteiger partial charge on any atom is -0.378 e. The average molecular weight is 307 g/mol. The summed E-state index contributed by atoms with van der Waals surface area (Å²) in [5, 5.41) is 0. The van der Waals surface area contributed by atoms with Crippen LogP contribution in [0.3, 0.4) is 0 Å². The molecule has 0 amide bonds. The first-order valence-electron chi connectivity index (χ1n) is 10.3. The lowest BCUT2D eigenvalue weighted by Crippen LogP contribution is -2.38. The molecule has 0 heterocycles. The summed E-state index contributed by atoms with van der Waals surface area (Å²) in [7, 11) is 0. The van der Waals surface area contributed by atoms with E-state index in [4.69, 9.17) is 4.74 Å². The van der Waals surface area contributed by atoms with E-state index in [1.807, 2.05) is 0 Å². The standard InChI is InChI=1S/C21H38O/c1-17-13-20-9-6-11-21(14-17,16-20)15-18(2)22-12-10-19-7-4-3-5-8-19/h17-20H,3-16H2,1-2H3. The lowest BCUT2D eigenvalue weighted by Gasteiger charge is -2.49. The molecule has 4 atom stereocenters. The molecule has 0 radical (unpaired) electrons. The minimum atomic E-state index is 0.479. The van der Waals surface area contributed by atoms with E-state index in [1.54, 1.807) is 0 Å². The Morgan fingerprint density at radius 1 is 1.05 bits per heavy atom. The van der Waals surface area contributed by atoms with Gasteiger partial charge in [0.05, 0.1) is 6.10 Å². The van der Waals surface area contributed by atoms with Gasteiger partial charge in [-0.05, 0) is 68.6 Å². The van der Waals surface area contributed by atoms with E-state index in [-0.39, 0.29) is 0 Å². The van der Waals surface area contributed by atoms with E-state index in [9.17, 15) is 0 Å². The molecule has 3 rings (SSSR count). The Morgan fingerprint density at radius 2 is 1.86 bits per heavy atom. The smallest absolute Gasteiger partial charge is 0.0552 e. The topological polar surface area (TPSA) is 9.23 Å². The van der Waals surface area contributed by atoms with Crippen molar-refractivity contribution in [2.45, 2.75) is 103 Å². The summed E-state index contributed by atoms with van der Waals surface area (Å²) in [6.45, 7) is 5.85. The number of rotatable bonds is 6. The molecule has 1 heteroatoms. The summed E-state index contributed by atoms with van der Waals surface area (Å²) in [5.74, 6) is 2.95. The Labute approximate surface area is 138 Å². The summed E-state index contributed by atoms with van der Waals surface area (Å²) in [4.78, 5) is 0. The first kappa shape index (κ1) is 16.8. The van der Waals surface area contributed by atoms with Crippen LogP contribution >= 0.6 is 0 Å². The van der Waals surface area contributed by atoms with Crippen LogP contribution in [0.15, 0.2) is 0 Å². The van der Waals surface area contributed by atoms with Crippen molar-refractivity contribution in [1.82, 2.24) is 0 Å². The van der Waals surface area contributed by atoms with Gasteiger partial charge < -0.3 is 4.74 Å². The fourth-order valence-corrected chi connectivity index (χ4v) is 6.21. The molecular formula is C21H38O. The third-order valence-electron chi connectivity index (χ3n) is 6.93. The maximum absolute atomic E-state index is 6.27. The summed E-state index contributed by atoms with van der Waals surface area (Å²) in [6, 6.07) is 0. The summed E-state index contributed by atoms with van der Waals surface area (Å²) < 4.78 is 6.27. The van der Waals surface area contributed by atoms with Gasteiger partial charge in [-0.1, -0.05) is 51.9 Å². The van der Waals surface area contributed by atoms with Crippen molar-refractivity contribution >= 4 is 0 Å². The van der Waals surface area contributed by atoms with Crippen LogP contribution in [0.2, 0.25) is 0 Å². The molecule has 0 aromatic carbocycles. The van der Waals surface area contributed by atoms with Gasteiger partial charge in [-0.3, -0.25) is 0 Å². The van der Waals surface area contributed by atoms with Crippen LogP contribution in [0, 0.1) is 23.2 Å². The fraction of sp³-hybridized carbons (Fsp3) is 1.00. The molecule has 0 aliphatic heterocycles. The van der Waals surface area contributed by atoms with Gasteiger partial charge in [0.2, 0.25) is 0 Å². The van der Waals surface area contributed by atoms with Gasteiger partial charge in [0, 0.05) is 6.61 Å². The van der Waals surface area contributed by atoms with Crippen molar-refractivity contribution in [2.24, 2.45) is 23.2 Å². The van der Waals surface area contributed by atoms with Crippen molar-refractivity contribution in [1.29, 1.82) is 0 Å². The fourth-order valence-electron chi connectivity index (χ4n) is 6.21. The minimum absolute atomic E-state index is 0.479. The van der Waals surface area contributed by atoms with Crippen LogP contribution in [0.5, 0.6) is 0 Å². The molecule has 0 saturated heterocycles. The molecule has 4 unspecified atom stereocenters. The predicted molar refractivity (Wildman–Crippen MR) is 94.0 cm³/mol. The number of fused-ring (bicyclic) bond motifs is 2. The summed E-state index contributed by atoms with van der Waals surface area (Å²) >= 11 is 0. The van der Waals surface area contributed by atoms with Gasteiger partial charge in [0.1, 0.15) is 0 Å². The highest BCUT2D eigenvalue weighted by molar-refractivity contribution is 4.93. The first-order chi connectivity index (χ1) is 10.7. The maximum atomic E-state index is 6.27. The number of ether oxygens (including phenoxy) is 1. The SMILES string of the molecule is CC1CC2CCCC(CC(C)OCCC3CCCCC3)(C1)C2. The second-order valence-corrected chi connectivity index (χ2v) is 9.19. The molecule has 0 spiro atoms. The van der Waals surface area contributed by atoms with Gasteiger partial charge in [0.15, 0.2) is 0 Å². The lowest BCUT2D eigenvalue weighted by molar-refractivity contribution is -0.0284. The number of hydrogen-bond acceptors (Lipinski definition) is 1. The Kier molecular flexibility index (Phi) is 5.87. The Hall–Kier alpha value is -0.0400. The van der Waals surface area contributed by atoms with E-state index in [2.05, 4.69) is 13.8 Å². The van der Waals surface area contributed by atoms with Crippen LogP contribution in [0.1, 0.15) is 97.3 Å². The van der Waals surface area contributed by atoms with Gasteiger partial charge in [-0.15, -0.1) is 0 Å². The molecule has 1 nitrogen and oxygen atoms in total. The normalized spacial score (nSPS) is 37.9. The highest BCUT2D eigenvalue weighted by atomic mass is 16.5. The average Bonchev–Trinajstić information content (AvgIpc) is 2.47. The molecular weight excluding hydrogens is 268 g/mol. The zero-order chi connectivity index (χ0) is 15.4. The van der Waals surface area contributed by atoms with Crippen molar-refractivity contribution in [3.63, 3.8) is 0 Å². The lowest BCUT2D eigenvalue weighted by atomic mass is 9.57. The van der Waals surface area contributed by atoms with E-state index < -0.39 is 0 Å². The van der Waals surface area contributed by atoms with E-state index in [1.165, 1.54) is 83.5 Å². The zero-order valence-electron chi connectivity index (χ0n) is 15.1. The molecule has 0 aromatic rings. The second-order valence-electron chi connectivity index (χ2n) is 9.19. The highest BCUT2D eigenvalue weighted by Gasteiger charge is 2.42. The van der Waals surface area contributed by atoms with Crippen molar-refractivity contribution in [3.05, 3.63) is 0 Å². The monoisotopic (exact) mass is 306 g/mol. The van der Waals surface area contributed by atoms with Crippen LogP contribution < -0.4 is 0 Å². The Bertz CT molecular complexity index is 329. The quantitative estimate of drug-likeness (QED) is 0.555. The third kappa shape index (κ3) is 4.49. The van der Waals surface area contributed by atoms with E-state index in [0.717, 1.165) is 24.4 Å². The molecule has 3 aliphatic carbocycles. The van der Waals surface area contributed by atoms with Crippen LogP contribution in [-0.4, -0.2) is 12.7 Å². The Balaban J connectivity index is 1.41. The molecule has 3 fully saturated rings. The zero-order valence-corrected chi connectivity index (χ0v) is 15.1. The van der Waals surface area contributed by atoms with Crippen molar-refractivity contribution in [2.75, 3.05) is 6.61 Å². The maximum Gasteiger partial charge on any atom is 0.0552 e. The van der Waals surface area contributed by atoms with Crippen molar-refractivity contribution in [3.8, 4) is 0 Å². The first-order valence-corrected chi connectivity index (χ1v) is 10.3.